The number of carbonyl (C=O) groups is 3. The van der Waals surface area contributed by atoms with Gasteiger partial charge < -0.3 is 15.0 Å². The summed E-state index contributed by atoms with van der Waals surface area (Å²) < 4.78 is 5.40. The average Bonchev–Trinajstić information content (AvgIpc) is 2.72. The van der Waals surface area contributed by atoms with Crippen molar-refractivity contribution in [3.8, 4) is 6.07 Å². The molecule has 0 radical (unpaired) electrons. The molecular formula is C22H29N3O4. The molecule has 0 unspecified atom stereocenters. The zero-order valence-electron chi connectivity index (χ0n) is 17.5. The van der Waals surface area contributed by atoms with Crippen molar-refractivity contribution in [3.63, 3.8) is 0 Å². The molecule has 1 aromatic carbocycles. The third-order valence-corrected chi connectivity index (χ3v) is 5.90. The summed E-state index contributed by atoms with van der Waals surface area (Å²) >= 11 is 0. The summed E-state index contributed by atoms with van der Waals surface area (Å²) in [5.74, 6) is -1.12. The Kier molecular flexibility index (Phi) is 7.02. The number of carbonyl (C=O) groups excluding carboxylic acids is 3. The lowest BCUT2D eigenvalue weighted by Crippen LogP contribution is -2.52. The van der Waals surface area contributed by atoms with Crippen molar-refractivity contribution in [2.75, 3.05) is 19.7 Å². The third kappa shape index (κ3) is 4.94. The van der Waals surface area contributed by atoms with Gasteiger partial charge in [-0.15, -0.1) is 0 Å². The fourth-order valence-electron chi connectivity index (χ4n) is 3.47. The van der Waals surface area contributed by atoms with Crippen molar-refractivity contribution >= 4 is 17.8 Å². The highest BCUT2D eigenvalue weighted by atomic mass is 16.5. The summed E-state index contributed by atoms with van der Waals surface area (Å²) in [5, 5.41) is 12.0. The number of rotatable bonds is 6. The lowest BCUT2D eigenvalue weighted by atomic mass is 9.72. The van der Waals surface area contributed by atoms with Gasteiger partial charge in [-0.05, 0) is 31.2 Å². The van der Waals surface area contributed by atoms with E-state index in [0.717, 1.165) is 5.56 Å². The molecule has 0 aliphatic carbocycles. The minimum atomic E-state index is -1.03. The van der Waals surface area contributed by atoms with E-state index in [-0.39, 0.29) is 11.8 Å². The van der Waals surface area contributed by atoms with Crippen LogP contribution in [-0.4, -0.2) is 47.9 Å². The van der Waals surface area contributed by atoms with E-state index in [1.165, 1.54) is 6.92 Å². The van der Waals surface area contributed by atoms with E-state index in [0.29, 0.717) is 25.9 Å². The molecule has 0 spiro atoms. The van der Waals surface area contributed by atoms with E-state index in [4.69, 9.17) is 4.74 Å². The molecule has 1 N–H and O–H groups in total. The first-order valence-corrected chi connectivity index (χ1v) is 9.85. The molecule has 2 amide bonds. The largest absolute Gasteiger partial charge is 0.455 e. The van der Waals surface area contributed by atoms with Crippen molar-refractivity contribution in [1.82, 2.24) is 10.2 Å². The summed E-state index contributed by atoms with van der Waals surface area (Å²) in [5.41, 5.74) is -1.12. The van der Waals surface area contributed by atoms with Gasteiger partial charge in [0.15, 0.2) is 6.61 Å². The van der Waals surface area contributed by atoms with E-state index in [1.54, 1.807) is 11.8 Å². The van der Waals surface area contributed by atoms with Crippen LogP contribution in [0.2, 0.25) is 0 Å². The second-order valence-corrected chi connectivity index (χ2v) is 8.05. The third-order valence-electron chi connectivity index (χ3n) is 5.90. The molecule has 0 bridgehead atoms. The smallest absolute Gasteiger partial charge is 0.317 e. The highest BCUT2D eigenvalue weighted by Crippen LogP contribution is 2.37. The lowest BCUT2D eigenvalue weighted by molar-refractivity contribution is -0.157. The van der Waals surface area contributed by atoms with Crippen LogP contribution in [0.25, 0.3) is 0 Å². The first-order chi connectivity index (χ1) is 13.6. The molecule has 1 aliphatic rings. The van der Waals surface area contributed by atoms with Crippen LogP contribution >= 0.6 is 0 Å². The summed E-state index contributed by atoms with van der Waals surface area (Å²) in [7, 11) is 0. The minimum absolute atomic E-state index is 0.0242. The van der Waals surface area contributed by atoms with Gasteiger partial charge in [0.1, 0.15) is 5.54 Å². The molecule has 1 aliphatic heterocycles. The van der Waals surface area contributed by atoms with Gasteiger partial charge in [0.25, 0.3) is 5.91 Å². The van der Waals surface area contributed by atoms with Gasteiger partial charge in [-0.2, -0.15) is 5.26 Å². The van der Waals surface area contributed by atoms with Crippen LogP contribution in [0.5, 0.6) is 0 Å². The molecule has 0 aromatic heterocycles. The normalized spacial score (nSPS) is 17.7. The predicted molar refractivity (Wildman–Crippen MR) is 108 cm³/mol. The number of nitrogens with zero attached hydrogens (tertiary/aromatic N) is 2. The second kappa shape index (κ2) is 9.08. The van der Waals surface area contributed by atoms with E-state index >= 15 is 0 Å². The SMILES string of the molecule is CC(=O)N1CCC(C(=O)OCC(=O)N[C@](C)(C#N)C(C)C)(c2ccccc2)CC1. The molecule has 1 aromatic rings. The average molecular weight is 399 g/mol. The number of hydrogen-bond acceptors (Lipinski definition) is 5. The maximum atomic E-state index is 13.1. The fourth-order valence-corrected chi connectivity index (χ4v) is 3.47. The summed E-state index contributed by atoms with van der Waals surface area (Å²) in [6, 6.07) is 11.4. The molecule has 2 rings (SSSR count). The minimum Gasteiger partial charge on any atom is -0.455 e. The van der Waals surface area contributed by atoms with Crippen LogP contribution in [0.15, 0.2) is 30.3 Å². The number of hydrogen-bond donors (Lipinski definition) is 1. The van der Waals surface area contributed by atoms with Crippen molar-refractivity contribution in [3.05, 3.63) is 35.9 Å². The maximum absolute atomic E-state index is 13.1. The van der Waals surface area contributed by atoms with Crippen molar-refractivity contribution in [2.24, 2.45) is 5.92 Å². The van der Waals surface area contributed by atoms with Crippen molar-refractivity contribution < 1.29 is 19.1 Å². The summed E-state index contributed by atoms with van der Waals surface area (Å²) in [6.45, 7) is 7.27. The fraction of sp³-hybridized carbons (Fsp3) is 0.545. The predicted octanol–water partition coefficient (Wildman–Crippen LogP) is 2.16. The number of nitriles is 1. The molecule has 7 heteroatoms. The van der Waals surface area contributed by atoms with Gasteiger partial charge in [0.2, 0.25) is 5.91 Å². The first-order valence-electron chi connectivity index (χ1n) is 9.85. The van der Waals surface area contributed by atoms with E-state index in [2.05, 4.69) is 11.4 Å². The highest BCUT2D eigenvalue weighted by Gasteiger charge is 2.45. The zero-order chi connectivity index (χ0) is 21.7. The number of benzene rings is 1. The monoisotopic (exact) mass is 399 g/mol. The van der Waals surface area contributed by atoms with Crippen LogP contribution in [0.3, 0.4) is 0 Å². The number of likely N-dealkylation sites (tertiary alicyclic amines) is 1. The Morgan fingerprint density at radius 2 is 1.83 bits per heavy atom. The summed E-state index contributed by atoms with van der Waals surface area (Å²) in [4.78, 5) is 38.8. The number of ether oxygens (including phenoxy) is 1. The number of amides is 2. The molecule has 7 nitrogen and oxygen atoms in total. The van der Waals surface area contributed by atoms with Crippen LogP contribution < -0.4 is 5.32 Å². The standard InChI is InChI=1S/C22H29N3O4/c1-16(2)21(4,15-23)24-19(27)14-29-20(28)22(18-8-6-5-7-9-18)10-12-25(13-11-22)17(3)26/h5-9,16H,10-14H2,1-4H3,(H,24,27)/t21-/m1/s1. The van der Waals surface area contributed by atoms with Gasteiger partial charge >= 0.3 is 5.97 Å². The molecule has 1 saturated heterocycles. The molecular weight excluding hydrogens is 370 g/mol. The Morgan fingerprint density at radius 3 is 2.31 bits per heavy atom. The van der Waals surface area contributed by atoms with Gasteiger partial charge in [0.05, 0.1) is 11.5 Å². The quantitative estimate of drug-likeness (QED) is 0.739. The van der Waals surface area contributed by atoms with E-state index < -0.39 is 29.4 Å². The van der Waals surface area contributed by atoms with Gasteiger partial charge in [-0.3, -0.25) is 14.4 Å². The number of piperidine rings is 1. The van der Waals surface area contributed by atoms with Crippen LogP contribution in [0.1, 0.15) is 46.1 Å². The van der Waals surface area contributed by atoms with Crippen LogP contribution in [0, 0.1) is 17.2 Å². The van der Waals surface area contributed by atoms with Crippen LogP contribution in [0.4, 0.5) is 0 Å². The lowest BCUT2D eigenvalue weighted by Gasteiger charge is -2.40. The van der Waals surface area contributed by atoms with Crippen LogP contribution in [-0.2, 0) is 24.5 Å². The Balaban J connectivity index is 2.13. The number of esters is 1. The van der Waals surface area contributed by atoms with Crippen molar-refractivity contribution in [1.29, 1.82) is 5.26 Å². The van der Waals surface area contributed by atoms with E-state index in [1.807, 2.05) is 44.2 Å². The summed E-state index contributed by atoms with van der Waals surface area (Å²) in [6.07, 6.45) is 0.859. The van der Waals surface area contributed by atoms with Crippen molar-refractivity contribution in [2.45, 2.75) is 51.5 Å². The zero-order valence-corrected chi connectivity index (χ0v) is 17.5. The topological polar surface area (TPSA) is 99.5 Å². The van der Waals surface area contributed by atoms with Gasteiger partial charge in [0, 0.05) is 20.0 Å². The molecule has 1 fully saturated rings. The Labute approximate surface area is 172 Å². The van der Waals surface area contributed by atoms with E-state index in [9.17, 15) is 19.6 Å². The Bertz CT molecular complexity index is 792. The van der Waals surface area contributed by atoms with Gasteiger partial charge in [-0.25, -0.2) is 0 Å². The Hall–Kier alpha value is -2.88. The maximum Gasteiger partial charge on any atom is 0.317 e. The molecule has 156 valence electrons. The first kappa shape index (κ1) is 22.4. The molecule has 1 atom stereocenters. The molecule has 1 heterocycles. The number of nitrogens with one attached hydrogen (secondary N) is 1. The molecule has 29 heavy (non-hydrogen) atoms. The second-order valence-electron chi connectivity index (χ2n) is 8.05. The highest BCUT2D eigenvalue weighted by molar-refractivity contribution is 5.87. The molecule has 0 saturated carbocycles. The Morgan fingerprint density at radius 1 is 1.24 bits per heavy atom. The van der Waals surface area contributed by atoms with Gasteiger partial charge in [-0.1, -0.05) is 44.2 Å².